The van der Waals surface area contributed by atoms with E-state index in [2.05, 4.69) is 9.44 Å². The molecular weight excluding hydrogens is 244 g/mol. The zero-order valence-electron chi connectivity index (χ0n) is 9.51. The van der Waals surface area contributed by atoms with Crippen LogP contribution in [0.1, 0.15) is 5.56 Å². The minimum Gasteiger partial charge on any atom is -0.392 e. The lowest BCUT2D eigenvalue weighted by Crippen LogP contribution is -2.32. The first-order valence-electron chi connectivity index (χ1n) is 5.03. The molecule has 0 amide bonds. The maximum atomic E-state index is 11.5. The number of nitrogens with one attached hydrogen (secondary N) is 2. The van der Waals surface area contributed by atoms with E-state index in [-0.39, 0.29) is 13.2 Å². The number of hydrogen-bond donors (Lipinski definition) is 3. The quantitative estimate of drug-likeness (QED) is 0.605. The van der Waals surface area contributed by atoms with E-state index in [9.17, 15) is 8.42 Å². The van der Waals surface area contributed by atoms with Crippen LogP contribution in [-0.4, -0.2) is 33.8 Å². The van der Waals surface area contributed by atoms with Crippen molar-refractivity contribution in [2.75, 3.05) is 25.0 Å². The monoisotopic (exact) mass is 260 g/mol. The Bertz CT molecular complexity index is 430. The van der Waals surface area contributed by atoms with Crippen LogP contribution in [0.4, 0.5) is 5.69 Å². The van der Waals surface area contributed by atoms with Crippen LogP contribution >= 0.6 is 0 Å². The van der Waals surface area contributed by atoms with Crippen LogP contribution in [0.2, 0.25) is 0 Å². The average Bonchev–Trinajstić information content (AvgIpc) is 2.30. The molecule has 3 N–H and O–H groups in total. The largest absolute Gasteiger partial charge is 0.392 e. The molecule has 0 aromatic heterocycles. The summed E-state index contributed by atoms with van der Waals surface area (Å²) < 4.78 is 32.4. The van der Waals surface area contributed by atoms with Gasteiger partial charge in [0.05, 0.1) is 13.2 Å². The molecule has 0 bridgehead atoms. The predicted molar refractivity (Wildman–Crippen MR) is 64.8 cm³/mol. The molecule has 0 unspecified atom stereocenters. The Hall–Kier alpha value is -1.15. The molecule has 0 aliphatic carbocycles. The zero-order valence-corrected chi connectivity index (χ0v) is 10.3. The average molecular weight is 260 g/mol. The Morgan fingerprint density at radius 3 is 2.47 bits per heavy atom. The van der Waals surface area contributed by atoms with Crippen molar-refractivity contribution in [3.05, 3.63) is 29.8 Å². The lowest BCUT2D eigenvalue weighted by molar-refractivity contribution is 0.204. The van der Waals surface area contributed by atoms with E-state index in [0.717, 1.165) is 5.56 Å². The second-order valence-corrected chi connectivity index (χ2v) is 4.85. The number of anilines is 1. The summed E-state index contributed by atoms with van der Waals surface area (Å²) in [4.78, 5) is 0. The second-order valence-electron chi connectivity index (χ2n) is 3.35. The third-order valence-corrected chi connectivity index (χ3v) is 3.08. The second kappa shape index (κ2) is 6.55. The van der Waals surface area contributed by atoms with Crippen molar-refractivity contribution in [1.82, 2.24) is 4.72 Å². The fraction of sp³-hybridized carbons (Fsp3) is 0.400. The maximum Gasteiger partial charge on any atom is 0.299 e. The fourth-order valence-corrected chi connectivity index (χ4v) is 2.02. The number of benzene rings is 1. The van der Waals surface area contributed by atoms with Crippen LogP contribution in [0.25, 0.3) is 0 Å². The van der Waals surface area contributed by atoms with Gasteiger partial charge in [-0.25, -0.2) is 0 Å². The molecule has 6 nitrogen and oxygen atoms in total. The summed E-state index contributed by atoms with van der Waals surface area (Å²) >= 11 is 0. The van der Waals surface area contributed by atoms with Gasteiger partial charge in [-0.2, -0.15) is 13.1 Å². The van der Waals surface area contributed by atoms with E-state index in [1.807, 2.05) is 0 Å². The number of aliphatic hydroxyl groups is 1. The topological polar surface area (TPSA) is 87.7 Å². The molecule has 0 atom stereocenters. The maximum absolute atomic E-state index is 11.5. The van der Waals surface area contributed by atoms with Gasteiger partial charge in [0.25, 0.3) is 10.2 Å². The number of aliphatic hydroxyl groups excluding tert-OH is 1. The van der Waals surface area contributed by atoms with Crippen LogP contribution in [0, 0.1) is 0 Å². The number of rotatable bonds is 7. The van der Waals surface area contributed by atoms with Gasteiger partial charge in [0.2, 0.25) is 0 Å². The summed E-state index contributed by atoms with van der Waals surface area (Å²) in [6.45, 7) is 0.448. The summed E-state index contributed by atoms with van der Waals surface area (Å²) in [6.07, 6.45) is 0. The Labute approximate surface area is 101 Å². The van der Waals surface area contributed by atoms with E-state index in [1.54, 1.807) is 24.3 Å². The van der Waals surface area contributed by atoms with E-state index in [0.29, 0.717) is 12.3 Å². The smallest absolute Gasteiger partial charge is 0.299 e. The van der Waals surface area contributed by atoms with Gasteiger partial charge in [0.1, 0.15) is 0 Å². The van der Waals surface area contributed by atoms with Gasteiger partial charge in [-0.3, -0.25) is 4.72 Å². The molecule has 1 aromatic carbocycles. The number of ether oxygens (including phenoxy) is 1. The van der Waals surface area contributed by atoms with Crippen molar-refractivity contribution in [3.8, 4) is 0 Å². The van der Waals surface area contributed by atoms with Gasteiger partial charge >= 0.3 is 0 Å². The highest BCUT2D eigenvalue weighted by Gasteiger charge is 2.08. The Kier molecular flexibility index (Phi) is 5.36. The summed E-state index contributed by atoms with van der Waals surface area (Å²) in [5.74, 6) is 0. The van der Waals surface area contributed by atoms with Gasteiger partial charge in [0, 0.05) is 19.3 Å². The third-order valence-electron chi connectivity index (χ3n) is 1.99. The molecule has 1 rings (SSSR count). The van der Waals surface area contributed by atoms with Crippen molar-refractivity contribution in [3.63, 3.8) is 0 Å². The van der Waals surface area contributed by atoms with Crippen molar-refractivity contribution in [2.24, 2.45) is 0 Å². The molecule has 0 spiro atoms. The van der Waals surface area contributed by atoms with Crippen molar-refractivity contribution >= 4 is 15.9 Å². The highest BCUT2D eigenvalue weighted by molar-refractivity contribution is 7.90. The highest BCUT2D eigenvalue weighted by Crippen LogP contribution is 2.10. The first kappa shape index (κ1) is 13.9. The third kappa shape index (κ3) is 5.14. The Balaban J connectivity index is 2.56. The normalized spacial score (nSPS) is 11.4. The number of methoxy groups -OCH3 is 1. The first-order valence-corrected chi connectivity index (χ1v) is 6.52. The van der Waals surface area contributed by atoms with Crippen LogP contribution in [0.15, 0.2) is 24.3 Å². The lowest BCUT2D eigenvalue weighted by atomic mass is 10.2. The van der Waals surface area contributed by atoms with Gasteiger partial charge in [-0.1, -0.05) is 12.1 Å². The molecule has 0 saturated heterocycles. The minimum atomic E-state index is -3.57. The summed E-state index contributed by atoms with van der Waals surface area (Å²) in [5.41, 5.74) is 1.16. The van der Waals surface area contributed by atoms with Crippen LogP contribution in [0.3, 0.4) is 0 Å². The molecule has 1 aromatic rings. The predicted octanol–water partition coefficient (Wildman–Crippen LogP) is 0.0716. The molecule has 0 aliphatic rings. The SMILES string of the molecule is COCCNS(=O)(=O)Nc1ccc(CO)cc1. The highest BCUT2D eigenvalue weighted by atomic mass is 32.2. The van der Waals surface area contributed by atoms with Crippen LogP contribution < -0.4 is 9.44 Å². The standard InChI is InChI=1S/C10H16N2O4S/c1-16-7-6-11-17(14,15)12-10-4-2-9(8-13)3-5-10/h2-5,11-13H,6-8H2,1H3. The van der Waals surface area contributed by atoms with Crippen LogP contribution in [0.5, 0.6) is 0 Å². The molecule has 17 heavy (non-hydrogen) atoms. The molecule has 96 valence electrons. The van der Waals surface area contributed by atoms with E-state index < -0.39 is 10.2 Å². The Morgan fingerprint density at radius 1 is 1.29 bits per heavy atom. The molecule has 7 heteroatoms. The first-order chi connectivity index (χ1) is 8.07. The zero-order chi connectivity index (χ0) is 12.7. The van der Waals surface area contributed by atoms with E-state index in [4.69, 9.17) is 9.84 Å². The summed E-state index contributed by atoms with van der Waals surface area (Å²) in [6, 6.07) is 6.46. The molecule has 0 fully saturated rings. The molecule has 0 radical (unpaired) electrons. The van der Waals surface area contributed by atoms with Gasteiger partial charge in [0.15, 0.2) is 0 Å². The molecule has 0 heterocycles. The van der Waals surface area contributed by atoms with E-state index in [1.165, 1.54) is 7.11 Å². The summed E-state index contributed by atoms with van der Waals surface area (Å²) in [5, 5.41) is 8.84. The number of hydrogen-bond acceptors (Lipinski definition) is 4. The summed E-state index contributed by atoms with van der Waals surface area (Å²) in [7, 11) is -2.07. The Morgan fingerprint density at radius 2 is 1.94 bits per heavy atom. The van der Waals surface area contributed by atoms with Crippen molar-refractivity contribution < 1.29 is 18.3 Å². The molecular formula is C10H16N2O4S. The van der Waals surface area contributed by atoms with Crippen LogP contribution in [-0.2, 0) is 21.6 Å². The lowest BCUT2D eigenvalue weighted by Gasteiger charge is -2.09. The van der Waals surface area contributed by atoms with Crippen molar-refractivity contribution in [2.45, 2.75) is 6.61 Å². The fourth-order valence-electron chi connectivity index (χ4n) is 1.15. The van der Waals surface area contributed by atoms with Gasteiger partial charge in [-0.15, -0.1) is 0 Å². The van der Waals surface area contributed by atoms with Gasteiger partial charge in [-0.05, 0) is 17.7 Å². The molecule has 0 saturated carbocycles. The minimum absolute atomic E-state index is 0.0703. The molecule has 0 aliphatic heterocycles. The van der Waals surface area contributed by atoms with E-state index >= 15 is 0 Å². The van der Waals surface area contributed by atoms with Gasteiger partial charge < -0.3 is 9.84 Å². The van der Waals surface area contributed by atoms with Crippen molar-refractivity contribution in [1.29, 1.82) is 0 Å².